The lowest BCUT2D eigenvalue weighted by molar-refractivity contribution is -0.384. The van der Waals surface area contributed by atoms with Crippen LogP contribution in [0.1, 0.15) is 11.1 Å². The Morgan fingerprint density at radius 2 is 2.05 bits per heavy atom. The van der Waals surface area contributed by atoms with Gasteiger partial charge >= 0.3 is 0 Å². The molecule has 0 saturated carbocycles. The van der Waals surface area contributed by atoms with Gasteiger partial charge in [-0.2, -0.15) is 5.26 Å². The summed E-state index contributed by atoms with van der Waals surface area (Å²) in [4.78, 5) is 10.3. The molecule has 0 fully saturated rings. The summed E-state index contributed by atoms with van der Waals surface area (Å²) >= 11 is 3.34. The van der Waals surface area contributed by atoms with E-state index in [2.05, 4.69) is 27.3 Å². The van der Waals surface area contributed by atoms with E-state index in [1.165, 1.54) is 12.1 Å². The quantitative estimate of drug-likeness (QED) is 0.681. The van der Waals surface area contributed by atoms with Crippen molar-refractivity contribution < 1.29 is 4.92 Å². The Hall–Kier alpha value is -2.39. The van der Waals surface area contributed by atoms with E-state index in [-0.39, 0.29) is 5.69 Å². The van der Waals surface area contributed by atoms with Crippen molar-refractivity contribution in [1.82, 2.24) is 0 Å². The maximum Gasteiger partial charge on any atom is 0.271 e. The van der Waals surface area contributed by atoms with Crippen LogP contribution in [0.3, 0.4) is 0 Å². The minimum atomic E-state index is -0.444. The van der Waals surface area contributed by atoms with Gasteiger partial charge in [-0.15, -0.1) is 0 Å². The third kappa shape index (κ3) is 3.13. The Morgan fingerprint density at radius 1 is 1.30 bits per heavy atom. The first-order valence-electron chi connectivity index (χ1n) is 5.77. The average Bonchev–Trinajstić information content (AvgIpc) is 2.46. The fraction of sp³-hybridized carbons (Fsp3) is 0.0714. The van der Waals surface area contributed by atoms with Gasteiger partial charge in [0.15, 0.2) is 0 Å². The minimum absolute atomic E-state index is 0.0178. The number of nitrogens with one attached hydrogen (secondary N) is 1. The second kappa shape index (κ2) is 6.17. The number of nitro groups is 1. The predicted octanol–water partition coefficient (Wildman–Crippen LogP) is 3.84. The first-order valence-corrected chi connectivity index (χ1v) is 6.57. The summed E-state index contributed by atoms with van der Waals surface area (Å²) in [5.74, 6) is 0. The molecule has 0 heterocycles. The van der Waals surface area contributed by atoms with E-state index in [0.29, 0.717) is 17.8 Å². The zero-order valence-electron chi connectivity index (χ0n) is 10.3. The molecule has 20 heavy (non-hydrogen) atoms. The van der Waals surface area contributed by atoms with Crippen molar-refractivity contribution in [2.24, 2.45) is 0 Å². The van der Waals surface area contributed by atoms with Crippen LogP contribution in [0.25, 0.3) is 0 Å². The van der Waals surface area contributed by atoms with Crippen molar-refractivity contribution in [2.45, 2.75) is 6.54 Å². The SMILES string of the molecule is N#Cc1ccccc1CNc1cc([N+](=O)[O-])ccc1Br. The van der Waals surface area contributed by atoms with Crippen LogP contribution >= 0.6 is 15.9 Å². The summed E-state index contributed by atoms with van der Waals surface area (Å²) < 4.78 is 0.734. The van der Waals surface area contributed by atoms with Gasteiger partial charge in [-0.05, 0) is 33.6 Å². The van der Waals surface area contributed by atoms with Crippen molar-refractivity contribution in [3.8, 4) is 6.07 Å². The monoisotopic (exact) mass is 331 g/mol. The molecule has 2 rings (SSSR count). The number of non-ortho nitro benzene ring substituents is 1. The first kappa shape index (κ1) is 14.0. The van der Waals surface area contributed by atoms with Crippen LogP contribution in [0.2, 0.25) is 0 Å². The molecule has 1 N–H and O–H groups in total. The van der Waals surface area contributed by atoms with Gasteiger partial charge < -0.3 is 5.32 Å². The molecule has 0 aliphatic carbocycles. The Morgan fingerprint density at radius 3 is 2.75 bits per heavy atom. The summed E-state index contributed by atoms with van der Waals surface area (Å²) in [5, 5.41) is 22.9. The molecular formula is C14H10BrN3O2. The molecule has 0 bridgehead atoms. The number of nitrogens with zero attached hydrogens (tertiary/aromatic N) is 2. The van der Waals surface area contributed by atoms with E-state index in [1.807, 2.05) is 12.1 Å². The molecule has 0 atom stereocenters. The molecule has 100 valence electrons. The van der Waals surface area contributed by atoms with E-state index in [0.717, 1.165) is 10.0 Å². The van der Waals surface area contributed by atoms with Crippen molar-refractivity contribution in [2.75, 3.05) is 5.32 Å². The lowest BCUT2D eigenvalue weighted by Crippen LogP contribution is -2.02. The number of hydrogen-bond donors (Lipinski definition) is 1. The average molecular weight is 332 g/mol. The van der Waals surface area contributed by atoms with Crippen LogP contribution in [-0.4, -0.2) is 4.92 Å². The highest BCUT2D eigenvalue weighted by atomic mass is 79.9. The van der Waals surface area contributed by atoms with Gasteiger partial charge in [0.2, 0.25) is 0 Å². The van der Waals surface area contributed by atoms with Crippen molar-refractivity contribution >= 4 is 27.3 Å². The highest BCUT2D eigenvalue weighted by molar-refractivity contribution is 9.10. The number of hydrogen-bond acceptors (Lipinski definition) is 4. The van der Waals surface area contributed by atoms with E-state index in [4.69, 9.17) is 5.26 Å². The van der Waals surface area contributed by atoms with Crippen LogP contribution in [0.15, 0.2) is 46.9 Å². The Balaban J connectivity index is 2.21. The van der Waals surface area contributed by atoms with Gasteiger partial charge in [0.25, 0.3) is 5.69 Å². The van der Waals surface area contributed by atoms with Crippen LogP contribution in [0, 0.1) is 21.4 Å². The highest BCUT2D eigenvalue weighted by Gasteiger charge is 2.09. The fourth-order valence-corrected chi connectivity index (χ4v) is 2.12. The lowest BCUT2D eigenvalue weighted by Gasteiger charge is -2.09. The molecule has 0 spiro atoms. The Bertz CT molecular complexity index is 695. The number of rotatable bonds is 4. The molecule has 2 aromatic carbocycles. The van der Waals surface area contributed by atoms with Crippen molar-refractivity contribution in [1.29, 1.82) is 5.26 Å². The van der Waals surface area contributed by atoms with E-state index >= 15 is 0 Å². The maximum absolute atomic E-state index is 10.8. The van der Waals surface area contributed by atoms with Gasteiger partial charge in [0.05, 0.1) is 22.2 Å². The zero-order valence-corrected chi connectivity index (χ0v) is 11.9. The van der Waals surface area contributed by atoms with E-state index < -0.39 is 4.92 Å². The first-order chi connectivity index (χ1) is 9.61. The largest absolute Gasteiger partial charge is 0.380 e. The second-order valence-corrected chi connectivity index (χ2v) is 4.90. The molecule has 2 aromatic rings. The standard InChI is InChI=1S/C14H10BrN3O2/c15-13-6-5-12(18(19)20)7-14(13)17-9-11-4-2-1-3-10(11)8-16/h1-7,17H,9H2. The highest BCUT2D eigenvalue weighted by Crippen LogP contribution is 2.27. The molecular weight excluding hydrogens is 322 g/mol. The smallest absolute Gasteiger partial charge is 0.271 e. The molecule has 0 aromatic heterocycles. The maximum atomic E-state index is 10.8. The van der Waals surface area contributed by atoms with Crippen LogP contribution in [0.4, 0.5) is 11.4 Å². The number of nitro benzene ring substituents is 1. The van der Waals surface area contributed by atoms with Crippen LogP contribution in [-0.2, 0) is 6.54 Å². The predicted molar refractivity (Wildman–Crippen MR) is 79.3 cm³/mol. The molecule has 0 radical (unpaired) electrons. The summed E-state index contributed by atoms with van der Waals surface area (Å²) in [6.45, 7) is 0.420. The summed E-state index contributed by atoms with van der Waals surface area (Å²) in [6.07, 6.45) is 0. The second-order valence-electron chi connectivity index (χ2n) is 4.04. The zero-order chi connectivity index (χ0) is 14.5. The Kier molecular flexibility index (Phi) is 4.33. The molecule has 0 aliphatic rings. The summed E-state index contributed by atoms with van der Waals surface area (Å²) in [7, 11) is 0. The Labute approximate surface area is 124 Å². The van der Waals surface area contributed by atoms with Gasteiger partial charge in [-0.1, -0.05) is 18.2 Å². The van der Waals surface area contributed by atoms with Gasteiger partial charge in [0.1, 0.15) is 0 Å². The molecule has 0 unspecified atom stereocenters. The summed E-state index contributed by atoms with van der Waals surface area (Å²) in [6, 6.07) is 13.8. The lowest BCUT2D eigenvalue weighted by atomic mass is 10.1. The van der Waals surface area contributed by atoms with Crippen LogP contribution < -0.4 is 5.32 Å². The minimum Gasteiger partial charge on any atom is -0.380 e. The number of nitriles is 1. The third-order valence-electron chi connectivity index (χ3n) is 2.77. The topological polar surface area (TPSA) is 79.0 Å². The molecule has 0 amide bonds. The third-order valence-corrected chi connectivity index (χ3v) is 3.46. The molecule has 5 nitrogen and oxygen atoms in total. The summed E-state index contributed by atoms with van der Waals surface area (Å²) in [5.41, 5.74) is 2.06. The number of benzene rings is 2. The van der Waals surface area contributed by atoms with Crippen molar-refractivity contribution in [3.63, 3.8) is 0 Å². The number of halogens is 1. The van der Waals surface area contributed by atoms with Gasteiger partial charge in [0, 0.05) is 23.2 Å². The molecule has 0 saturated heterocycles. The van der Waals surface area contributed by atoms with Gasteiger partial charge in [-0.25, -0.2) is 0 Å². The van der Waals surface area contributed by atoms with Crippen LogP contribution in [0.5, 0.6) is 0 Å². The van der Waals surface area contributed by atoms with E-state index in [9.17, 15) is 10.1 Å². The van der Waals surface area contributed by atoms with Gasteiger partial charge in [-0.3, -0.25) is 10.1 Å². The normalized spacial score (nSPS) is 9.80. The fourth-order valence-electron chi connectivity index (χ4n) is 1.74. The van der Waals surface area contributed by atoms with Crippen molar-refractivity contribution in [3.05, 3.63) is 68.2 Å². The molecule has 0 aliphatic heterocycles. The van der Waals surface area contributed by atoms with E-state index in [1.54, 1.807) is 18.2 Å². The molecule has 6 heteroatoms. The number of anilines is 1.